The molecule has 3 heterocycles. The van der Waals surface area contributed by atoms with Gasteiger partial charge in [-0.05, 0) is 29.8 Å². The van der Waals surface area contributed by atoms with E-state index in [9.17, 15) is 9.59 Å². The lowest BCUT2D eigenvalue weighted by molar-refractivity contribution is 0.0624. The largest absolute Gasteiger partial charge is 0.340 e. The second-order valence-corrected chi connectivity index (χ2v) is 6.79. The van der Waals surface area contributed by atoms with E-state index in [-0.39, 0.29) is 11.5 Å². The molecule has 3 aromatic rings. The number of nitrogens with one attached hydrogen (secondary N) is 1. The molecule has 8 nitrogen and oxygen atoms in total. The molecule has 4 rings (SSSR count). The molecular weight excluding hydrogens is 358 g/mol. The van der Waals surface area contributed by atoms with Crippen LogP contribution >= 0.6 is 0 Å². The molecule has 1 aromatic carbocycles. The third-order valence-electron chi connectivity index (χ3n) is 4.83. The Hall–Kier alpha value is -3.26. The number of benzene rings is 1. The Kier molecular flexibility index (Phi) is 5.03. The van der Waals surface area contributed by atoms with Gasteiger partial charge in [-0.2, -0.15) is 4.98 Å². The van der Waals surface area contributed by atoms with E-state index in [1.807, 2.05) is 17.0 Å². The van der Waals surface area contributed by atoms with Crippen LogP contribution < -0.4 is 5.56 Å². The van der Waals surface area contributed by atoms with Gasteiger partial charge in [-0.25, -0.2) is 0 Å². The highest BCUT2D eigenvalue weighted by Crippen LogP contribution is 2.18. The van der Waals surface area contributed by atoms with E-state index in [1.54, 1.807) is 37.4 Å². The SMILES string of the molecule is Cc1nc(CN2CCN(C(=O)c3cccc(-c4ccc[nH]c4=O)c3)CC2)no1. The molecule has 0 bridgehead atoms. The molecule has 0 radical (unpaired) electrons. The van der Waals surface area contributed by atoms with Crippen molar-refractivity contribution in [3.8, 4) is 11.1 Å². The normalized spacial score (nSPS) is 15.0. The third-order valence-corrected chi connectivity index (χ3v) is 4.83. The summed E-state index contributed by atoms with van der Waals surface area (Å²) >= 11 is 0. The van der Waals surface area contributed by atoms with Gasteiger partial charge in [0.2, 0.25) is 5.89 Å². The first-order valence-corrected chi connectivity index (χ1v) is 9.19. The quantitative estimate of drug-likeness (QED) is 0.741. The second-order valence-electron chi connectivity index (χ2n) is 6.79. The van der Waals surface area contributed by atoms with Crippen molar-refractivity contribution in [3.05, 3.63) is 70.2 Å². The number of amides is 1. The lowest BCUT2D eigenvalue weighted by atomic mass is 10.0. The summed E-state index contributed by atoms with van der Waals surface area (Å²) in [5.74, 6) is 1.20. The number of carbonyl (C=O) groups excluding carboxylic acids is 1. The van der Waals surface area contributed by atoms with Crippen LogP contribution in [-0.4, -0.2) is 57.0 Å². The highest BCUT2D eigenvalue weighted by atomic mass is 16.5. The first-order chi connectivity index (χ1) is 13.6. The predicted molar refractivity (Wildman–Crippen MR) is 103 cm³/mol. The van der Waals surface area contributed by atoms with Crippen LogP contribution in [0.15, 0.2) is 51.9 Å². The summed E-state index contributed by atoms with van der Waals surface area (Å²) in [4.78, 5) is 35.9. The zero-order valence-corrected chi connectivity index (χ0v) is 15.6. The van der Waals surface area contributed by atoms with E-state index in [2.05, 4.69) is 20.0 Å². The van der Waals surface area contributed by atoms with E-state index in [0.717, 1.165) is 18.7 Å². The number of nitrogens with zero attached hydrogens (tertiary/aromatic N) is 4. The minimum atomic E-state index is -0.169. The minimum absolute atomic E-state index is 0.0238. The third kappa shape index (κ3) is 3.86. The highest BCUT2D eigenvalue weighted by Gasteiger charge is 2.23. The van der Waals surface area contributed by atoms with Crippen molar-refractivity contribution in [3.63, 3.8) is 0 Å². The standard InChI is InChI=1S/C20H21N5O3/c1-14-22-18(23-28-14)13-24-8-10-25(11-9-24)20(27)16-5-2-4-15(12-16)17-6-3-7-21-19(17)26/h2-7,12H,8-11,13H2,1H3,(H,21,26). The fourth-order valence-corrected chi connectivity index (χ4v) is 3.37. The minimum Gasteiger partial charge on any atom is -0.340 e. The van der Waals surface area contributed by atoms with E-state index in [4.69, 9.17) is 4.52 Å². The summed E-state index contributed by atoms with van der Waals surface area (Å²) < 4.78 is 5.00. The lowest BCUT2D eigenvalue weighted by Crippen LogP contribution is -2.48. The van der Waals surface area contributed by atoms with Crippen LogP contribution in [0.4, 0.5) is 0 Å². The summed E-state index contributed by atoms with van der Waals surface area (Å²) in [5.41, 5.74) is 1.71. The summed E-state index contributed by atoms with van der Waals surface area (Å²) in [7, 11) is 0. The fourth-order valence-electron chi connectivity index (χ4n) is 3.37. The van der Waals surface area contributed by atoms with E-state index >= 15 is 0 Å². The molecule has 0 aliphatic carbocycles. The maximum Gasteiger partial charge on any atom is 0.255 e. The number of aromatic nitrogens is 3. The van der Waals surface area contributed by atoms with Gasteiger partial charge >= 0.3 is 0 Å². The molecule has 1 aliphatic heterocycles. The average Bonchev–Trinajstić information content (AvgIpc) is 3.13. The van der Waals surface area contributed by atoms with Crippen molar-refractivity contribution in [2.45, 2.75) is 13.5 Å². The van der Waals surface area contributed by atoms with Crippen LogP contribution in [-0.2, 0) is 6.54 Å². The number of H-pyrrole nitrogens is 1. The van der Waals surface area contributed by atoms with Gasteiger partial charge in [-0.1, -0.05) is 17.3 Å². The molecule has 0 atom stereocenters. The molecule has 0 spiro atoms. The lowest BCUT2D eigenvalue weighted by Gasteiger charge is -2.34. The van der Waals surface area contributed by atoms with E-state index in [1.165, 1.54) is 0 Å². The number of aromatic amines is 1. The van der Waals surface area contributed by atoms with Gasteiger partial charge in [0.15, 0.2) is 5.82 Å². The predicted octanol–water partition coefficient (Wildman–Crippen LogP) is 1.69. The van der Waals surface area contributed by atoms with Crippen molar-refractivity contribution < 1.29 is 9.32 Å². The topological polar surface area (TPSA) is 95.3 Å². The Labute approximate surface area is 161 Å². The maximum atomic E-state index is 12.9. The van der Waals surface area contributed by atoms with Gasteiger partial charge < -0.3 is 14.4 Å². The number of aryl methyl sites for hydroxylation is 1. The number of piperazine rings is 1. The number of hydrogen-bond donors (Lipinski definition) is 1. The van der Waals surface area contributed by atoms with Crippen molar-refractivity contribution in [2.24, 2.45) is 0 Å². The van der Waals surface area contributed by atoms with Crippen molar-refractivity contribution in [2.75, 3.05) is 26.2 Å². The van der Waals surface area contributed by atoms with Gasteiger partial charge in [-0.3, -0.25) is 14.5 Å². The highest BCUT2D eigenvalue weighted by molar-refractivity contribution is 5.95. The molecule has 1 saturated heterocycles. The summed E-state index contributed by atoms with van der Waals surface area (Å²) in [6, 6.07) is 10.7. The van der Waals surface area contributed by atoms with Gasteiger partial charge in [0.1, 0.15) is 0 Å². The van der Waals surface area contributed by atoms with E-state index in [0.29, 0.717) is 42.5 Å². The number of rotatable bonds is 4. The van der Waals surface area contributed by atoms with Crippen LogP contribution in [0.2, 0.25) is 0 Å². The van der Waals surface area contributed by atoms with Crippen LogP contribution in [0.25, 0.3) is 11.1 Å². The molecule has 8 heteroatoms. The Balaban J connectivity index is 1.42. The summed E-state index contributed by atoms with van der Waals surface area (Å²) in [6.45, 7) is 5.14. The second kappa shape index (κ2) is 7.77. The molecule has 28 heavy (non-hydrogen) atoms. The summed E-state index contributed by atoms with van der Waals surface area (Å²) in [5, 5.41) is 3.92. The molecule has 0 saturated carbocycles. The molecule has 1 amide bonds. The zero-order chi connectivity index (χ0) is 19.5. The van der Waals surface area contributed by atoms with Crippen molar-refractivity contribution >= 4 is 5.91 Å². The molecule has 2 aromatic heterocycles. The first kappa shape index (κ1) is 18.1. The van der Waals surface area contributed by atoms with E-state index < -0.39 is 0 Å². The first-order valence-electron chi connectivity index (χ1n) is 9.19. The Bertz CT molecular complexity index is 1030. The number of carbonyl (C=O) groups is 1. The van der Waals surface area contributed by atoms with Crippen molar-refractivity contribution in [1.29, 1.82) is 0 Å². The summed E-state index contributed by atoms with van der Waals surface area (Å²) in [6.07, 6.45) is 1.59. The fraction of sp³-hybridized carbons (Fsp3) is 0.300. The van der Waals surface area contributed by atoms with Gasteiger partial charge in [0.05, 0.1) is 6.54 Å². The average molecular weight is 379 g/mol. The maximum absolute atomic E-state index is 12.9. The van der Waals surface area contributed by atoms with Gasteiger partial charge in [0.25, 0.3) is 11.5 Å². The van der Waals surface area contributed by atoms with Crippen LogP contribution in [0.3, 0.4) is 0 Å². The van der Waals surface area contributed by atoms with Crippen LogP contribution in [0.1, 0.15) is 22.1 Å². The Morgan fingerprint density at radius 1 is 1.18 bits per heavy atom. The smallest absolute Gasteiger partial charge is 0.255 e. The number of pyridine rings is 1. The van der Waals surface area contributed by atoms with Crippen LogP contribution in [0, 0.1) is 6.92 Å². The Morgan fingerprint density at radius 3 is 2.71 bits per heavy atom. The molecule has 0 unspecified atom stereocenters. The van der Waals surface area contributed by atoms with Crippen molar-refractivity contribution in [1.82, 2.24) is 24.9 Å². The molecule has 1 N–H and O–H groups in total. The molecular formula is C20H21N5O3. The molecule has 144 valence electrons. The van der Waals surface area contributed by atoms with Gasteiger partial charge in [0, 0.05) is 50.4 Å². The monoisotopic (exact) mass is 379 g/mol. The van der Waals surface area contributed by atoms with Crippen LogP contribution in [0.5, 0.6) is 0 Å². The zero-order valence-electron chi connectivity index (χ0n) is 15.6. The molecule has 1 fully saturated rings. The Morgan fingerprint density at radius 2 is 2.00 bits per heavy atom. The van der Waals surface area contributed by atoms with Gasteiger partial charge in [-0.15, -0.1) is 0 Å². The molecule has 1 aliphatic rings. The number of hydrogen-bond acceptors (Lipinski definition) is 6.